The third kappa shape index (κ3) is 2.10. The standard InChI is InChI=1S/C8H9ClN6O/c9-6-2-7(13-12-6)15-4-5(1-8(15)16)3-11-14-10/h2,5H,1,3-4H2,(H,12,13). The highest BCUT2D eigenvalue weighted by Gasteiger charge is 2.31. The smallest absolute Gasteiger partial charge is 0.228 e. The number of hydrogen-bond acceptors (Lipinski definition) is 3. The Morgan fingerprint density at radius 3 is 3.25 bits per heavy atom. The van der Waals surface area contributed by atoms with Gasteiger partial charge < -0.3 is 0 Å². The third-order valence-corrected chi connectivity index (χ3v) is 2.61. The van der Waals surface area contributed by atoms with Gasteiger partial charge in [-0.15, -0.1) is 0 Å². The Bertz CT molecular complexity index is 451. The van der Waals surface area contributed by atoms with Gasteiger partial charge in [0.2, 0.25) is 5.91 Å². The molecule has 1 aromatic heterocycles. The largest absolute Gasteiger partial charge is 0.295 e. The molecule has 1 fully saturated rings. The summed E-state index contributed by atoms with van der Waals surface area (Å²) in [5.74, 6) is 0.540. The van der Waals surface area contributed by atoms with Gasteiger partial charge in [-0.25, -0.2) is 0 Å². The van der Waals surface area contributed by atoms with Crippen LogP contribution in [-0.2, 0) is 4.79 Å². The number of amides is 1. The average Bonchev–Trinajstić information content (AvgIpc) is 2.82. The fourth-order valence-corrected chi connectivity index (χ4v) is 1.84. The Hall–Kier alpha value is -1.72. The lowest BCUT2D eigenvalue weighted by Crippen LogP contribution is -2.25. The second-order valence-electron chi connectivity index (χ2n) is 3.56. The number of H-pyrrole nitrogens is 1. The maximum absolute atomic E-state index is 11.7. The van der Waals surface area contributed by atoms with Crippen molar-refractivity contribution in [2.24, 2.45) is 11.0 Å². The molecule has 0 bridgehead atoms. The van der Waals surface area contributed by atoms with E-state index in [9.17, 15) is 4.79 Å². The average molecular weight is 241 g/mol. The van der Waals surface area contributed by atoms with Crippen molar-refractivity contribution in [3.8, 4) is 0 Å². The molecule has 1 aliphatic heterocycles. The van der Waals surface area contributed by atoms with Crippen LogP contribution < -0.4 is 4.90 Å². The van der Waals surface area contributed by atoms with Gasteiger partial charge in [0, 0.05) is 30.5 Å². The van der Waals surface area contributed by atoms with Crippen molar-refractivity contribution in [1.29, 1.82) is 0 Å². The molecule has 7 nitrogen and oxygen atoms in total. The molecule has 16 heavy (non-hydrogen) atoms. The van der Waals surface area contributed by atoms with Gasteiger partial charge in [-0.2, -0.15) is 5.10 Å². The lowest BCUT2D eigenvalue weighted by atomic mass is 10.1. The van der Waals surface area contributed by atoms with Crippen LogP contribution in [0.3, 0.4) is 0 Å². The number of azide groups is 1. The van der Waals surface area contributed by atoms with Crippen LogP contribution in [0.4, 0.5) is 5.82 Å². The number of anilines is 1. The summed E-state index contributed by atoms with van der Waals surface area (Å²) in [4.78, 5) is 15.9. The lowest BCUT2D eigenvalue weighted by molar-refractivity contribution is -0.117. The van der Waals surface area contributed by atoms with Crippen LogP contribution in [0.15, 0.2) is 11.2 Å². The molecule has 1 aliphatic rings. The van der Waals surface area contributed by atoms with Crippen LogP contribution in [0.1, 0.15) is 6.42 Å². The predicted octanol–water partition coefficient (Wildman–Crippen LogP) is 1.73. The maximum atomic E-state index is 11.7. The Morgan fingerprint density at radius 2 is 2.62 bits per heavy atom. The van der Waals surface area contributed by atoms with Crippen LogP contribution in [0, 0.1) is 5.92 Å². The number of hydrogen-bond donors (Lipinski definition) is 1. The van der Waals surface area contributed by atoms with Crippen LogP contribution in [0.5, 0.6) is 0 Å². The third-order valence-electron chi connectivity index (χ3n) is 2.42. The summed E-state index contributed by atoms with van der Waals surface area (Å²) in [7, 11) is 0. The first-order valence-electron chi connectivity index (χ1n) is 4.73. The monoisotopic (exact) mass is 240 g/mol. The van der Waals surface area contributed by atoms with E-state index < -0.39 is 0 Å². The summed E-state index contributed by atoms with van der Waals surface area (Å²) in [5, 5.41) is 10.3. The van der Waals surface area contributed by atoms with E-state index in [1.165, 1.54) is 0 Å². The Morgan fingerprint density at radius 1 is 1.81 bits per heavy atom. The number of carbonyl (C=O) groups is 1. The maximum Gasteiger partial charge on any atom is 0.228 e. The molecule has 2 rings (SSSR count). The fraction of sp³-hybridized carbons (Fsp3) is 0.500. The van der Waals surface area contributed by atoms with Gasteiger partial charge in [-0.05, 0) is 11.4 Å². The number of halogens is 1. The number of nitrogens with zero attached hydrogens (tertiary/aromatic N) is 5. The minimum absolute atomic E-state index is 0.0266. The highest BCUT2D eigenvalue weighted by Crippen LogP contribution is 2.25. The molecule has 1 amide bonds. The van der Waals surface area contributed by atoms with Crippen molar-refractivity contribution < 1.29 is 4.79 Å². The molecule has 1 N–H and O–H groups in total. The van der Waals surface area contributed by atoms with E-state index in [0.717, 1.165) is 0 Å². The van der Waals surface area contributed by atoms with Crippen molar-refractivity contribution in [2.75, 3.05) is 18.0 Å². The molecule has 84 valence electrons. The molecule has 1 saturated heterocycles. The Labute approximate surface area is 96.0 Å². The van der Waals surface area contributed by atoms with Gasteiger partial charge >= 0.3 is 0 Å². The minimum Gasteiger partial charge on any atom is -0.295 e. The Kier molecular flexibility index (Phi) is 2.98. The van der Waals surface area contributed by atoms with Gasteiger partial charge in [0.05, 0.1) is 0 Å². The summed E-state index contributed by atoms with van der Waals surface area (Å²) in [6.07, 6.45) is 0.378. The van der Waals surface area contributed by atoms with Gasteiger partial charge in [0.1, 0.15) is 5.15 Å². The summed E-state index contributed by atoms with van der Waals surface area (Å²) >= 11 is 5.68. The SMILES string of the molecule is [N-]=[N+]=NCC1CC(=O)N(c2cc(Cl)[nH]n2)C1. The van der Waals surface area contributed by atoms with Crippen LogP contribution in [0.2, 0.25) is 5.15 Å². The molecule has 0 spiro atoms. The zero-order valence-electron chi connectivity index (χ0n) is 8.30. The fourth-order valence-electron chi connectivity index (χ4n) is 1.70. The van der Waals surface area contributed by atoms with Crippen LogP contribution >= 0.6 is 11.6 Å². The van der Waals surface area contributed by atoms with Gasteiger partial charge in [0.15, 0.2) is 5.82 Å². The quantitative estimate of drug-likeness (QED) is 0.494. The molecule has 2 heterocycles. The van der Waals surface area contributed by atoms with E-state index in [1.54, 1.807) is 11.0 Å². The number of carbonyl (C=O) groups excluding carboxylic acids is 1. The van der Waals surface area contributed by atoms with E-state index in [0.29, 0.717) is 30.5 Å². The minimum atomic E-state index is -0.0266. The molecule has 8 heteroatoms. The van der Waals surface area contributed by atoms with E-state index in [1.807, 2.05) is 0 Å². The van der Waals surface area contributed by atoms with Crippen molar-refractivity contribution in [1.82, 2.24) is 10.2 Å². The van der Waals surface area contributed by atoms with E-state index >= 15 is 0 Å². The summed E-state index contributed by atoms with van der Waals surface area (Å²) in [6.45, 7) is 0.843. The van der Waals surface area contributed by atoms with E-state index in [2.05, 4.69) is 20.2 Å². The first-order chi connectivity index (χ1) is 7.70. The molecule has 0 radical (unpaired) electrons. The number of nitrogens with one attached hydrogen (secondary N) is 1. The topological polar surface area (TPSA) is 97.8 Å². The molecule has 1 aromatic rings. The van der Waals surface area contributed by atoms with Crippen molar-refractivity contribution >= 4 is 23.3 Å². The molecule has 0 aromatic carbocycles. The molecule has 0 saturated carbocycles. The van der Waals surface area contributed by atoms with Crippen molar-refractivity contribution in [3.05, 3.63) is 21.7 Å². The highest BCUT2D eigenvalue weighted by molar-refractivity contribution is 6.29. The number of aromatic nitrogens is 2. The first-order valence-corrected chi connectivity index (χ1v) is 5.10. The molecule has 1 atom stereocenters. The molecule has 1 unspecified atom stereocenters. The van der Waals surface area contributed by atoms with Crippen LogP contribution in [0.25, 0.3) is 10.4 Å². The van der Waals surface area contributed by atoms with Gasteiger partial charge in [-0.1, -0.05) is 16.7 Å². The summed E-state index contributed by atoms with van der Waals surface area (Å²) < 4.78 is 0. The zero-order chi connectivity index (χ0) is 11.5. The number of rotatable bonds is 3. The van der Waals surface area contributed by atoms with Crippen molar-refractivity contribution in [3.63, 3.8) is 0 Å². The number of aromatic amines is 1. The normalized spacial score (nSPS) is 19.9. The van der Waals surface area contributed by atoms with Crippen molar-refractivity contribution in [2.45, 2.75) is 6.42 Å². The second kappa shape index (κ2) is 4.42. The molecule has 0 aliphatic carbocycles. The second-order valence-corrected chi connectivity index (χ2v) is 3.97. The predicted molar refractivity (Wildman–Crippen MR) is 58.1 cm³/mol. The molecular formula is C8H9ClN6O. The van der Waals surface area contributed by atoms with Gasteiger partial charge in [-0.3, -0.25) is 14.8 Å². The first kappa shape index (κ1) is 10.8. The zero-order valence-corrected chi connectivity index (χ0v) is 9.05. The van der Waals surface area contributed by atoms with E-state index in [-0.39, 0.29) is 11.8 Å². The lowest BCUT2D eigenvalue weighted by Gasteiger charge is -2.11. The summed E-state index contributed by atoms with van der Waals surface area (Å²) in [5.41, 5.74) is 8.20. The van der Waals surface area contributed by atoms with E-state index in [4.69, 9.17) is 17.1 Å². The van der Waals surface area contributed by atoms with Crippen LogP contribution in [-0.4, -0.2) is 29.2 Å². The summed E-state index contributed by atoms with van der Waals surface area (Å²) in [6, 6.07) is 1.59. The Balaban J connectivity index is 2.07. The highest BCUT2D eigenvalue weighted by atomic mass is 35.5. The molecular weight excluding hydrogens is 232 g/mol. The van der Waals surface area contributed by atoms with Gasteiger partial charge in [0.25, 0.3) is 0 Å².